The standard InChI is InChI=1S/C10H14N2O3/c1-12-9(6-15-5-7-2-3-7)8(4-11-12)10(13)14/h4,7H,2-3,5-6H2,1H3,(H,13,14). The van der Waals surface area contributed by atoms with Crippen LogP contribution in [0.2, 0.25) is 0 Å². The zero-order valence-corrected chi connectivity index (χ0v) is 8.64. The van der Waals surface area contributed by atoms with Crippen LogP contribution in [0.1, 0.15) is 28.9 Å². The first kappa shape index (κ1) is 10.2. The summed E-state index contributed by atoms with van der Waals surface area (Å²) in [4.78, 5) is 10.8. The van der Waals surface area contributed by atoms with Crippen LogP contribution in [0.15, 0.2) is 6.20 Å². The van der Waals surface area contributed by atoms with E-state index in [1.807, 2.05) is 0 Å². The van der Waals surface area contributed by atoms with Crippen molar-refractivity contribution in [2.45, 2.75) is 19.4 Å². The highest BCUT2D eigenvalue weighted by atomic mass is 16.5. The van der Waals surface area contributed by atoms with Crippen LogP contribution in [0.3, 0.4) is 0 Å². The molecule has 0 aliphatic heterocycles. The highest BCUT2D eigenvalue weighted by Crippen LogP contribution is 2.29. The summed E-state index contributed by atoms with van der Waals surface area (Å²) >= 11 is 0. The number of aromatic nitrogens is 2. The first-order valence-electron chi connectivity index (χ1n) is 5.00. The fraction of sp³-hybridized carbons (Fsp3) is 0.600. The Morgan fingerprint density at radius 2 is 2.47 bits per heavy atom. The second-order valence-corrected chi connectivity index (χ2v) is 3.89. The molecule has 0 bridgehead atoms. The maximum Gasteiger partial charge on any atom is 0.339 e. The monoisotopic (exact) mass is 210 g/mol. The number of carbonyl (C=O) groups is 1. The summed E-state index contributed by atoms with van der Waals surface area (Å²) < 4.78 is 7.00. The van der Waals surface area contributed by atoms with Gasteiger partial charge in [-0.3, -0.25) is 4.68 Å². The molecule has 0 saturated heterocycles. The molecule has 1 heterocycles. The average Bonchev–Trinajstić information content (AvgIpc) is 2.92. The Morgan fingerprint density at radius 1 is 1.73 bits per heavy atom. The van der Waals surface area contributed by atoms with Crippen LogP contribution < -0.4 is 0 Å². The second kappa shape index (κ2) is 4.02. The van der Waals surface area contributed by atoms with Crippen molar-refractivity contribution in [3.05, 3.63) is 17.5 Å². The lowest BCUT2D eigenvalue weighted by Crippen LogP contribution is -2.08. The van der Waals surface area contributed by atoms with E-state index in [4.69, 9.17) is 9.84 Å². The molecule has 1 fully saturated rings. The molecule has 0 spiro atoms. The molecule has 15 heavy (non-hydrogen) atoms. The van der Waals surface area contributed by atoms with Gasteiger partial charge in [0.1, 0.15) is 5.56 Å². The fourth-order valence-electron chi connectivity index (χ4n) is 1.42. The summed E-state index contributed by atoms with van der Waals surface area (Å²) in [6.07, 6.45) is 3.83. The zero-order valence-electron chi connectivity index (χ0n) is 8.64. The first-order chi connectivity index (χ1) is 7.18. The van der Waals surface area contributed by atoms with Crippen molar-refractivity contribution >= 4 is 5.97 Å². The molecular formula is C10H14N2O3. The van der Waals surface area contributed by atoms with Gasteiger partial charge in [0, 0.05) is 13.7 Å². The molecule has 0 unspecified atom stereocenters. The van der Waals surface area contributed by atoms with Gasteiger partial charge in [0.05, 0.1) is 18.5 Å². The van der Waals surface area contributed by atoms with Gasteiger partial charge in [-0.15, -0.1) is 0 Å². The van der Waals surface area contributed by atoms with Gasteiger partial charge in [0.2, 0.25) is 0 Å². The van der Waals surface area contributed by atoms with Gasteiger partial charge in [-0.1, -0.05) is 0 Å². The minimum atomic E-state index is -0.951. The van der Waals surface area contributed by atoms with Gasteiger partial charge in [0.15, 0.2) is 0 Å². The Hall–Kier alpha value is -1.36. The predicted octanol–water partition coefficient (Wildman–Crippen LogP) is 1.04. The van der Waals surface area contributed by atoms with Gasteiger partial charge >= 0.3 is 5.97 Å². The lowest BCUT2D eigenvalue weighted by atomic mass is 10.2. The molecule has 1 aliphatic carbocycles. The van der Waals surface area contributed by atoms with Crippen molar-refractivity contribution in [2.75, 3.05) is 6.61 Å². The molecule has 1 saturated carbocycles. The highest BCUT2D eigenvalue weighted by molar-refractivity contribution is 5.88. The van der Waals surface area contributed by atoms with Crippen molar-refractivity contribution in [3.8, 4) is 0 Å². The minimum absolute atomic E-state index is 0.230. The predicted molar refractivity (Wildman–Crippen MR) is 52.5 cm³/mol. The van der Waals surface area contributed by atoms with Crippen LogP contribution in [-0.4, -0.2) is 27.5 Å². The number of hydrogen-bond donors (Lipinski definition) is 1. The maximum absolute atomic E-state index is 10.8. The van der Waals surface area contributed by atoms with Gasteiger partial charge in [-0.2, -0.15) is 5.10 Å². The van der Waals surface area contributed by atoms with Crippen molar-refractivity contribution in [1.29, 1.82) is 0 Å². The van der Waals surface area contributed by atoms with Crippen LogP contribution in [0.5, 0.6) is 0 Å². The third-order valence-corrected chi connectivity index (χ3v) is 2.58. The van der Waals surface area contributed by atoms with E-state index >= 15 is 0 Å². The van der Waals surface area contributed by atoms with Crippen molar-refractivity contribution < 1.29 is 14.6 Å². The number of ether oxygens (including phenoxy) is 1. The lowest BCUT2D eigenvalue weighted by molar-refractivity contribution is 0.0683. The molecule has 82 valence electrons. The number of carboxylic acids is 1. The molecule has 1 aromatic heterocycles. The summed E-state index contributed by atoms with van der Waals surface area (Å²) in [5, 5.41) is 12.8. The van der Waals surface area contributed by atoms with E-state index in [0.29, 0.717) is 18.2 Å². The summed E-state index contributed by atoms with van der Waals surface area (Å²) in [7, 11) is 1.72. The number of rotatable bonds is 5. The van der Waals surface area contributed by atoms with Crippen LogP contribution in [0.4, 0.5) is 0 Å². The number of hydrogen-bond acceptors (Lipinski definition) is 3. The fourth-order valence-corrected chi connectivity index (χ4v) is 1.42. The van der Waals surface area contributed by atoms with E-state index in [-0.39, 0.29) is 5.56 Å². The molecule has 0 radical (unpaired) electrons. The summed E-state index contributed by atoms with van der Waals surface area (Å²) in [5.41, 5.74) is 0.858. The number of aromatic carboxylic acids is 1. The van der Waals surface area contributed by atoms with Crippen LogP contribution in [0, 0.1) is 5.92 Å². The summed E-state index contributed by atoms with van der Waals surface area (Å²) in [6, 6.07) is 0. The van der Waals surface area contributed by atoms with Crippen molar-refractivity contribution in [1.82, 2.24) is 9.78 Å². The van der Waals surface area contributed by atoms with E-state index in [1.165, 1.54) is 19.0 Å². The topological polar surface area (TPSA) is 64.4 Å². The summed E-state index contributed by atoms with van der Waals surface area (Å²) in [6.45, 7) is 1.05. The Morgan fingerprint density at radius 3 is 3.07 bits per heavy atom. The minimum Gasteiger partial charge on any atom is -0.478 e. The normalized spacial score (nSPS) is 15.5. The average molecular weight is 210 g/mol. The van der Waals surface area contributed by atoms with Crippen LogP contribution >= 0.6 is 0 Å². The van der Waals surface area contributed by atoms with Crippen LogP contribution in [-0.2, 0) is 18.4 Å². The molecule has 1 aromatic rings. The molecule has 1 aliphatic rings. The molecule has 0 atom stereocenters. The molecule has 5 heteroatoms. The van der Waals surface area contributed by atoms with Crippen molar-refractivity contribution in [3.63, 3.8) is 0 Å². The smallest absolute Gasteiger partial charge is 0.339 e. The van der Waals surface area contributed by atoms with E-state index in [9.17, 15) is 4.79 Å². The molecule has 1 N–H and O–H groups in total. The molecular weight excluding hydrogens is 196 g/mol. The first-order valence-corrected chi connectivity index (χ1v) is 5.00. The highest BCUT2D eigenvalue weighted by Gasteiger charge is 2.22. The number of nitrogens with zero attached hydrogens (tertiary/aromatic N) is 2. The van der Waals surface area contributed by atoms with E-state index < -0.39 is 5.97 Å². The van der Waals surface area contributed by atoms with Crippen molar-refractivity contribution in [2.24, 2.45) is 13.0 Å². The van der Waals surface area contributed by atoms with Crippen LogP contribution in [0.25, 0.3) is 0 Å². The Balaban J connectivity index is 1.97. The van der Waals surface area contributed by atoms with E-state index in [1.54, 1.807) is 11.7 Å². The summed E-state index contributed by atoms with van der Waals surface area (Å²) in [5.74, 6) is -0.264. The van der Waals surface area contributed by atoms with E-state index in [2.05, 4.69) is 5.10 Å². The Labute approximate surface area is 87.7 Å². The SMILES string of the molecule is Cn1ncc(C(=O)O)c1COCC1CC1. The molecule has 0 amide bonds. The second-order valence-electron chi connectivity index (χ2n) is 3.89. The number of carboxylic acid groups (broad SMARTS) is 1. The maximum atomic E-state index is 10.8. The lowest BCUT2D eigenvalue weighted by Gasteiger charge is -2.04. The Bertz CT molecular complexity index is 369. The largest absolute Gasteiger partial charge is 0.478 e. The van der Waals surface area contributed by atoms with E-state index in [0.717, 1.165) is 6.61 Å². The zero-order chi connectivity index (χ0) is 10.8. The molecule has 0 aromatic carbocycles. The number of aryl methyl sites for hydroxylation is 1. The van der Waals surface area contributed by atoms with Gasteiger partial charge < -0.3 is 9.84 Å². The molecule has 5 nitrogen and oxygen atoms in total. The third kappa shape index (κ3) is 2.36. The van der Waals surface area contributed by atoms with Gasteiger partial charge in [-0.05, 0) is 18.8 Å². The third-order valence-electron chi connectivity index (χ3n) is 2.58. The Kier molecular flexibility index (Phi) is 2.73. The quantitative estimate of drug-likeness (QED) is 0.788. The molecule has 2 rings (SSSR count). The van der Waals surface area contributed by atoms with Gasteiger partial charge in [-0.25, -0.2) is 4.79 Å². The van der Waals surface area contributed by atoms with Gasteiger partial charge in [0.25, 0.3) is 0 Å².